The molecular formula is C9H10Cl6FN3O3S3. The zero-order valence-electron chi connectivity index (χ0n) is 12.5. The molecule has 1 aromatic heterocycles. The molecule has 0 aliphatic heterocycles. The first-order valence-corrected chi connectivity index (χ1v) is 12.3. The molecular weight excluding hydrogens is 526 g/mol. The van der Waals surface area contributed by atoms with Gasteiger partial charge < -0.3 is 0 Å². The Balaban J connectivity index is 0.000000477. The second-order valence-electron chi connectivity index (χ2n) is 4.23. The van der Waals surface area contributed by atoms with Gasteiger partial charge in [0.05, 0.1) is 10.0 Å². The summed E-state index contributed by atoms with van der Waals surface area (Å²) in [5, 5.41) is -0.824. The number of pyridine rings is 1. The van der Waals surface area contributed by atoms with Crippen LogP contribution in [0.25, 0.3) is 0 Å². The van der Waals surface area contributed by atoms with E-state index in [1.165, 1.54) is 14.1 Å². The maximum absolute atomic E-state index is 12.7. The Morgan fingerprint density at radius 3 is 1.60 bits per heavy atom. The van der Waals surface area contributed by atoms with Gasteiger partial charge in [0.1, 0.15) is 4.90 Å². The number of aromatic nitrogens is 1. The van der Waals surface area contributed by atoms with E-state index in [-0.39, 0.29) is 29.8 Å². The van der Waals surface area contributed by atoms with Crippen molar-refractivity contribution in [2.45, 2.75) is 9.86 Å². The topological polar surface area (TPSA) is 70.6 Å². The molecule has 0 saturated heterocycles. The van der Waals surface area contributed by atoms with Gasteiger partial charge >= 0.3 is 0 Å². The molecule has 1 rings (SSSR count). The van der Waals surface area contributed by atoms with Crippen LogP contribution in [0.5, 0.6) is 0 Å². The Hall–Kier alpha value is 1.06. The van der Waals surface area contributed by atoms with Gasteiger partial charge in [-0.1, -0.05) is 69.6 Å². The second kappa shape index (κ2) is 10.0. The molecule has 0 N–H and O–H groups in total. The predicted molar refractivity (Wildman–Crippen MR) is 105 cm³/mol. The first-order chi connectivity index (χ1) is 11.0. The van der Waals surface area contributed by atoms with Crippen LogP contribution in [0.4, 0.5) is 4.48 Å². The number of alkyl halides is 2. The Kier molecular flexibility index (Phi) is 10.4. The van der Waals surface area contributed by atoms with E-state index >= 15 is 0 Å². The fourth-order valence-corrected chi connectivity index (χ4v) is 5.27. The van der Waals surface area contributed by atoms with Gasteiger partial charge in [0.2, 0.25) is 4.96 Å². The summed E-state index contributed by atoms with van der Waals surface area (Å²) in [6.07, 6.45) is 0.951. The lowest BCUT2D eigenvalue weighted by atomic mass is 10.5. The predicted octanol–water partition coefficient (Wildman–Crippen LogP) is 4.17. The number of hydrogen-bond acceptors (Lipinski definition) is 5. The van der Waals surface area contributed by atoms with Gasteiger partial charge in [0.15, 0.2) is 29.0 Å². The lowest BCUT2D eigenvalue weighted by Crippen LogP contribution is -2.35. The van der Waals surface area contributed by atoms with Crippen LogP contribution in [0.1, 0.15) is 0 Å². The van der Waals surface area contributed by atoms with Gasteiger partial charge in [-0.25, -0.2) is 21.9 Å². The minimum Gasteiger partial charge on any atom is -0.224 e. The summed E-state index contributed by atoms with van der Waals surface area (Å²) in [7, 11) is -4.14. The van der Waals surface area contributed by atoms with E-state index in [0.29, 0.717) is 0 Å². The zero-order valence-corrected chi connectivity index (χ0v) is 19.5. The first-order valence-electron chi connectivity index (χ1n) is 5.61. The molecule has 0 aromatic carbocycles. The molecule has 1 heterocycles. The van der Waals surface area contributed by atoms with Crippen molar-refractivity contribution in [1.29, 1.82) is 0 Å². The van der Waals surface area contributed by atoms with Crippen LogP contribution in [-0.4, -0.2) is 51.8 Å². The van der Waals surface area contributed by atoms with Crippen LogP contribution in [0.2, 0.25) is 20.4 Å². The van der Waals surface area contributed by atoms with Crippen molar-refractivity contribution in [1.82, 2.24) is 13.8 Å². The number of hydrogen-bond donors (Lipinski definition) is 0. The van der Waals surface area contributed by atoms with Gasteiger partial charge in [-0.15, -0.1) is 4.48 Å². The number of halogens is 7. The van der Waals surface area contributed by atoms with Crippen molar-refractivity contribution in [2.75, 3.05) is 20.4 Å². The third kappa shape index (κ3) is 7.19. The quantitative estimate of drug-likeness (QED) is 0.250. The van der Waals surface area contributed by atoms with Crippen molar-refractivity contribution in [2.24, 2.45) is 0 Å². The largest absolute Gasteiger partial charge is 0.224 e. The molecule has 0 saturated carbocycles. The molecule has 0 aliphatic carbocycles. The molecule has 0 spiro atoms. The minimum absolute atomic E-state index is 0.193. The highest BCUT2D eigenvalue weighted by atomic mass is 35.5. The first kappa shape index (κ1) is 26.1. The highest BCUT2D eigenvalue weighted by Crippen LogP contribution is 2.37. The van der Waals surface area contributed by atoms with Crippen molar-refractivity contribution in [3.63, 3.8) is 0 Å². The maximum atomic E-state index is 12.7. The van der Waals surface area contributed by atoms with Crippen molar-refractivity contribution in [3.05, 3.63) is 20.4 Å². The minimum atomic E-state index is -3.58. The summed E-state index contributed by atoms with van der Waals surface area (Å²) in [6.45, 7) is 0. The van der Waals surface area contributed by atoms with Crippen LogP contribution in [-0.2, 0) is 29.9 Å². The molecule has 0 amide bonds. The van der Waals surface area contributed by atoms with Gasteiger partial charge in [-0.3, -0.25) is 0 Å². The van der Waals surface area contributed by atoms with Crippen molar-refractivity contribution < 1.29 is 17.1 Å². The molecule has 0 aliphatic rings. The standard InChI is InChI=1S/C6H3Cl4NO2S.C3H7Cl2FN2OS2/c1-14(12,13)4-2(7)5(9)11-6(10)3(4)8;1-7(2)11(9,10)8(6)3(4)5/h1H3;3H,1-2H3. The van der Waals surface area contributed by atoms with Crippen LogP contribution < -0.4 is 0 Å². The number of rotatable bonds is 4. The number of nitrogens with zero attached hydrogens (tertiary/aromatic N) is 3. The van der Waals surface area contributed by atoms with Crippen LogP contribution >= 0.6 is 69.6 Å². The fourth-order valence-electron chi connectivity index (χ4n) is 1.05. The summed E-state index contributed by atoms with van der Waals surface area (Å²) < 4.78 is 47.1. The van der Waals surface area contributed by atoms with Gasteiger partial charge in [0, 0.05) is 31.5 Å². The Morgan fingerprint density at radius 2 is 1.40 bits per heavy atom. The average molecular weight is 536 g/mol. The summed E-state index contributed by atoms with van der Waals surface area (Å²) in [5.74, 6) is 0. The lowest BCUT2D eigenvalue weighted by molar-refractivity contribution is 0.153. The van der Waals surface area contributed by atoms with E-state index in [2.05, 4.69) is 16.2 Å². The summed E-state index contributed by atoms with van der Waals surface area (Å²) in [6, 6.07) is 0. The van der Waals surface area contributed by atoms with E-state index < -0.39 is 23.7 Å². The highest BCUT2D eigenvalue weighted by Gasteiger charge is 2.26. The molecule has 16 heteroatoms. The summed E-state index contributed by atoms with van der Waals surface area (Å²) >= 11 is 37.0. The molecule has 0 radical (unpaired) electrons. The van der Waals surface area contributed by atoms with E-state index in [0.717, 1.165) is 10.6 Å². The van der Waals surface area contributed by atoms with Crippen LogP contribution in [0.3, 0.4) is 0 Å². The number of sulfone groups is 1. The highest BCUT2D eigenvalue weighted by molar-refractivity contribution is 8.30. The van der Waals surface area contributed by atoms with Crippen LogP contribution in [0, 0.1) is 0 Å². The third-order valence-corrected chi connectivity index (χ3v) is 8.48. The Morgan fingerprint density at radius 1 is 1.04 bits per heavy atom. The summed E-state index contributed by atoms with van der Waals surface area (Å²) in [5.41, 5.74) is 0. The molecule has 25 heavy (non-hydrogen) atoms. The third-order valence-electron chi connectivity index (χ3n) is 2.16. The molecule has 0 bridgehead atoms. The second-order valence-corrected chi connectivity index (χ2v) is 12.0. The smallest absolute Gasteiger partial charge is 0.202 e. The maximum Gasteiger partial charge on any atom is 0.202 e. The lowest BCUT2D eigenvalue weighted by Gasteiger charge is -2.20. The van der Waals surface area contributed by atoms with E-state index in [4.69, 9.17) is 69.6 Å². The van der Waals surface area contributed by atoms with Gasteiger partial charge in [0.25, 0.3) is 0 Å². The van der Waals surface area contributed by atoms with Crippen molar-refractivity contribution >= 4 is 99.5 Å². The zero-order chi connectivity index (χ0) is 20.3. The normalized spacial score (nSPS) is 14.4. The van der Waals surface area contributed by atoms with Gasteiger partial charge in [-0.2, -0.15) is 0 Å². The molecule has 1 atom stereocenters. The molecule has 146 valence electrons. The monoisotopic (exact) mass is 533 g/mol. The fraction of sp³-hybridized carbons (Fsp3) is 0.444. The summed E-state index contributed by atoms with van der Waals surface area (Å²) in [4.78, 5) is 1.74. The molecule has 1 unspecified atom stereocenters. The van der Waals surface area contributed by atoms with E-state index in [9.17, 15) is 17.1 Å². The average Bonchev–Trinajstić information content (AvgIpc) is 2.43. The molecule has 1 aromatic rings. The Labute approximate surface area is 179 Å². The van der Waals surface area contributed by atoms with Gasteiger partial charge in [-0.05, 0) is 4.53 Å². The van der Waals surface area contributed by atoms with E-state index in [1.54, 1.807) is 0 Å². The molecule has 6 nitrogen and oxygen atoms in total. The van der Waals surface area contributed by atoms with Crippen LogP contribution in [0.15, 0.2) is 4.90 Å². The SMILES string of the molecule is CN(C)S(=O)(=S)N(F)C(Cl)Cl.CS(=O)(=O)c1c(Cl)c(Cl)nc(Cl)c1Cl. The van der Waals surface area contributed by atoms with E-state index in [1.807, 2.05) is 0 Å². The molecule has 0 fully saturated rings. The Bertz CT molecular complexity index is 808. The van der Waals surface area contributed by atoms with Crippen molar-refractivity contribution in [3.8, 4) is 0 Å².